The summed E-state index contributed by atoms with van der Waals surface area (Å²) in [6, 6.07) is 5.40. The number of carbonyl (C=O) groups is 2. The molecule has 2 aromatic rings. The lowest BCUT2D eigenvalue weighted by atomic mass is 10.1. The predicted molar refractivity (Wildman–Crippen MR) is 73.6 cm³/mol. The first kappa shape index (κ1) is 14.0. The molecule has 2 heterocycles. The van der Waals surface area contributed by atoms with Gasteiger partial charge in [-0.2, -0.15) is 0 Å². The van der Waals surface area contributed by atoms with Gasteiger partial charge in [0.2, 0.25) is 0 Å². The number of carbonyl (C=O) groups excluding carboxylic acids is 2. The number of hydrogen-bond acceptors (Lipinski definition) is 4. The Hall–Kier alpha value is -2.43. The van der Waals surface area contributed by atoms with Gasteiger partial charge in [0.25, 0.3) is 0 Å². The molecule has 0 amide bonds. The number of nitrogens with one attached hydrogen (secondary N) is 1. The van der Waals surface area contributed by atoms with E-state index in [1.165, 1.54) is 6.92 Å². The molecule has 5 heteroatoms. The number of aryl methyl sites for hydroxylation is 1. The quantitative estimate of drug-likeness (QED) is 0.686. The maximum Gasteiger partial charge on any atom is 0.355 e. The third-order valence-corrected chi connectivity index (χ3v) is 3.07. The van der Waals surface area contributed by atoms with Crippen molar-refractivity contribution in [2.45, 2.75) is 27.4 Å². The zero-order valence-electron chi connectivity index (χ0n) is 11.7. The van der Waals surface area contributed by atoms with Crippen LogP contribution in [0, 0.1) is 13.8 Å². The largest absolute Gasteiger partial charge is 0.455 e. The highest BCUT2D eigenvalue weighted by atomic mass is 16.5. The zero-order chi connectivity index (χ0) is 14.7. The van der Waals surface area contributed by atoms with Crippen molar-refractivity contribution in [3.05, 3.63) is 52.6 Å². The molecular weight excluding hydrogens is 256 g/mol. The number of Topliss-reactive ketones (excluding diaryl/α,β-unsaturated/α-hetero) is 1. The van der Waals surface area contributed by atoms with Gasteiger partial charge < -0.3 is 9.72 Å². The number of rotatable bonds is 4. The number of H-pyrrole nitrogens is 1. The summed E-state index contributed by atoms with van der Waals surface area (Å²) in [6.45, 7) is 5.08. The number of aromatic amines is 1. The fraction of sp³-hybridized carbons (Fsp3) is 0.267. The highest BCUT2D eigenvalue weighted by Crippen LogP contribution is 2.19. The Labute approximate surface area is 117 Å². The molecule has 0 spiro atoms. The SMILES string of the molecule is CC(=O)c1c(C)[nH]c(C(=O)OCc2ccccn2)c1C. The Morgan fingerprint density at radius 1 is 1.30 bits per heavy atom. The smallest absolute Gasteiger partial charge is 0.355 e. The zero-order valence-corrected chi connectivity index (χ0v) is 11.7. The minimum Gasteiger partial charge on any atom is -0.455 e. The normalized spacial score (nSPS) is 10.3. The molecular formula is C15H16N2O3. The molecule has 0 aliphatic carbocycles. The molecule has 0 fully saturated rings. The van der Waals surface area contributed by atoms with E-state index in [0.717, 1.165) is 0 Å². The number of nitrogens with zero attached hydrogens (tertiary/aromatic N) is 1. The van der Waals surface area contributed by atoms with Gasteiger partial charge in [-0.25, -0.2) is 4.79 Å². The average molecular weight is 272 g/mol. The van der Waals surface area contributed by atoms with E-state index in [9.17, 15) is 9.59 Å². The van der Waals surface area contributed by atoms with Crippen molar-refractivity contribution in [3.63, 3.8) is 0 Å². The first-order valence-corrected chi connectivity index (χ1v) is 6.28. The standard InChI is InChI=1S/C15H16N2O3/c1-9-13(11(3)18)10(2)17-14(9)15(19)20-8-12-6-4-5-7-16-12/h4-7,17H,8H2,1-3H3. The van der Waals surface area contributed by atoms with E-state index in [4.69, 9.17) is 4.74 Å². The van der Waals surface area contributed by atoms with Crippen LogP contribution in [-0.2, 0) is 11.3 Å². The highest BCUT2D eigenvalue weighted by molar-refractivity contribution is 6.01. The van der Waals surface area contributed by atoms with Gasteiger partial charge in [-0.3, -0.25) is 9.78 Å². The van der Waals surface area contributed by atoms with E-state index in [1.54, 1.807) is 32.2 Å². The first-order chi connectivity index (χ1) is 9.50. The van der Waals surface area contributed by atoms with E-state index in [0.29, 0.717) is 28.2 Å². The molecule has 0 saturated carbocycles. The Morgan fingerprint density at radius 3 is 2.60 bits per heavy atom. The topological polar surface area (TPSA) is 72.0 Å². The van der Waals surface area contributed by atoms with E-state index in [-0.39, 0.29) is 12.4 Å². The fourth-order valence-corrected chi connectivity index (χ4v) is 2.18. The highest BCUT2D eigenvalue weighted by Gasteiger charge is 2.20. The monoisotopic (exact) mass is 272 g/mol. The molecule has 0 saturated heterocycles. The van der Waals surface area contributed by atoms with Crippen molar-refractivity contribution in [1.29, 1.82) is 0 Å². The molecule has 0 aliphatic rings. The molecule has 0 atom stereocenters. The lowest BCUT2D eigenvalue weighted by molar-refractivity contribution is 0.0460. The number of ether oxygens (including phenoxy) is 1. The van der Waals surface area contributed by atoms with Crippen LogP contribution < -0.4 is 0 Å². The molecule has 20 heavy (non-hydrogen) atoms. The molecule has 0 bridgehead atoms. The van der Waals surface area contributed by atoms with Gasteiger partial charge in [0.1, 0.15) is 12.3 Å². The third-order valence-electron chi connectivity index (χ3n) is 3.07. The van der Waals surface area contributed by atoms with Crippen LogP contribution in [0.15, 0.2) is 24.4 Å². The summed E-state index contributed by atoms with van der Waals surface area (Å²) < 4.78 is 5.20. The maximum absolute atomic E-state index is 12.0. The summed E-state index contributed by atoms with van der Waals surface area (Å²) in [5.41, 5.74) is 2.85. The van der Waals surface area contributed by atoms with Crippen molar-refractivity contribution in [3.8, 4) is 0 Å². The number of pyridine rings is 1. The molecule has 2 rings (SSSR count). The molecule has 0 unspecified atom stereocenters. The molecule has 0 aromatic carbocycles. The van der Waals surface area contributed by atoms with Crippen molar-refractivity contribution >= 4 is 11.8 Å². The van der Waals surface area contributed by atoms with Crippen LogP contribution in [-0.4, -0.2) is 21.7 Å². The number of hydrogen-bond donors (Lipinski definition) is 1. The van der Waals surface area contributed by atoms with Crippen LogP contribution in [0.1, 0.15) is 44.7 Å². The summed E-state index contributed by atoms with van der Waals surface area (Å²) in [6.07, 6.45) is 1.64. The van der Waals surface area contributed by atoms with Crippen LogP contribution in [0.5, 0.6) is 0 Å². The molecule has 1 N–H and O–H groups in total. The Kier molecular flexibility index (Phi) is 3.98. The van der Waals surface area contributed by atoms with Gasteiger partial charge in [0.15, 0.2) is 5.78 Å². The van der Waals surface area contributed by atoms with Gasteiger partial charge in [0.05, 0.1) is 5.69 Å². The van der Waals surface area contributed by atoms with Gasteiger partial charge in [-0.1, -0.05) is 6.07 Å². The molecule has 0 radical (unpaired) electrons. The molecule has 104 valence electrons. The lowest BCUT2D eigenvalue weighted by Gasteiger charge is -2.04. The number of aromatic nitrogens is 2. The Balaban J connectivity index is 2.14. The van der Waals surface area contributed by atoms with Crippen molar-refractivity contribution < 1.29 is 14.3 Å². The molecule has 0 aliphatic heterocycles. The van der Waals surface area contributed by atoms with Crippen LogP contribution in [0.2, 0.25) is 0 Å². The van der Waals surface area contributed by atoms with E-state index in [1.807, 2.05) is 6.07 Å². The molecule has 5 nitrogen and oxygen atoms in total. The lowest BCUT2D eigenvalue weighted by Crippen LogP contribution is -2.08. The third kappa shape index (κ3) is 2.77. The second-order valence-electron chi connectivity index (χ2n) is 4.58. The summed E-state index contributed by atoms with van der Waals surface area (Å²) in [5, 5.41) is 0. The number of esters is 1. The second-order valence-corrected chi connectivity index (χ2v) is 4.58. The molecule has 2 aromatic heterocycles. The Morgan fingerprint density at radius 2 is 2.05 bits per heavy atom. The second kappa shape index (κ2) is 5.69. The maximum atomic E-state index is 12.0. The van der Waals surface area contributed by atoms with Crippen molar-refractivity contribution in [2.24, 2.45) is 0 Å². The van der Waals surface area contributed by atoms with Crippen LogP contribution in [0.3, 0.4) is 0 Å². The van der Waals surface area contributed by atoms with Gasteiger partial charge in [0, 0.05) is 17.5 Å². The van der Waals surface area contributed by atoms with E-state index in [2.05, 4.69) is 9.97 Å². The van der Waals surface area contributed by atoms with Gasteiger partial charge in [-0.05, 0) is 38.5 Å². The average Bonchev–Trinajstić information content (AvgIpc) is 2.72. The number of ketones is 1. The minimum atomic E-state index is -0.483. The minimum absolute atomic E-state index is 0.0694. The predicted octanol–water partition coefficient (Wildman–Crippen LogP) is 2.59. The van der Waals surface area contributed by atoms with Crippen molar-refractivity contribution in [1.82, 2.24) is 9.97 Å². The van der Waals surface area contributed by atoms with Gasteiger partial charge >= 0.3 is 5.97 Å². The van der Waals surface area contributed by atoms with Crippen LogP contribution in [0.4, 0.5) is 0 Å². The summed E-state index contributed by atoms with van der Waals surface area (Å²) >= 11 is 0. The van der Waals surface area contributed by atoms with Crippen LogP contribution >= 0.6 is 0 Å². The fourth-order valence-electron chi connectivity index (χ4n) is 2.18. The van der Waals surface area contributed by atoms with Crippen molar-refractivity contribution in [2.75, 3.05) is 0 Å². The summed E-state index contributed by atoms with van der Waals surface area (Å²) in [5.74, 6) is -0.552. The Bertz CT molecular complexity index is 645. The van der Waals surface area contributed by atoms with E-state index < -0.39 is 5.97 Å². The van der Waals surface area contributed by atoms with Gasteiger partial charge in [-0.15, -0.1) is 0 Å². The first-order valence-electron chi connectivity index (χ1n) is 6.28. The van der Waals surface area contributed by atoms with Crippen LogP contribution in [0.25, 0.3) is 0 Å². The van der Waals surface area contributed by atoms with E-state index >= 15 is 0 Å². The summed E-state index contributed by atoms with van der Waals surface area (Å²) in [7, 11) is 0. The summed E-state index contributed by atoms with van der Waals surface area (Å²) in [4.78, 5) is 30.5.